The number of fused-ring (bicyclic) bond motifs is 1. The molecule has 8 heteroatoms. The lowest BCUT2D eigenvalue weighted by Gasteiger charge is -2.07. The van der Waals surface area contributed by atoms with E-state index < -0.39 is 5.69 Å². The average molecular weight is 492 g/mol. The van der Waals surface area contributed by atoms with Crippen LogP contribution < -0.4 is 16.6 Å². The fourth-order valence-electron chi connectivity index (χ4n) is 4.40. The van der Waals surface area contributed by atoms with Crippen molar-refractivity contribution < 1.29 is 4.79 Å². The molecule has 2 N–H and O–H groups in total. The molecule has 0 radical (unpaired) electrons. The van der Waals surface area contributed by atoms with Crippen LogP contribution >= 0.6 is 0 Å². The van der Waals surface area contributed by atoms with Crippen LogP contribution in [0.2, 0.25) is 0 Å². The summed E-state index contributed by atoms with van der Waals surface area (Å²) in [5.41, 5.74) is 0.186. The van der Waals surface area contributed by atoms with Crippen LogP contribution in [0.5, 0.6) is 0 Å². The first-order chi connectivity index (χ1) is 16.9. The lowest BCUT2D eigenvalue weighted by atomic mass is 10.0. The van der Waals surface area contributed by atoms with Crippen LogP contribution in [0.1, 0.15) is 116 Å². The van der Waals surface area contributed by atoms with E-state index in [1.807, 2.05) is 25.3 Å². The van der Waals surface area contributed by atoms with Crippen molar-refractivity contribution in [1.29, 1.82) is 0 Å². The van der Waals surface area contributed by atoms with Crippen molar-refractivity contribution in [2.45, 2.75) is 124 Å². The molecule has 2 rings (SSSR count). The Labute approximate surface area is 210 Å². The smallest absolute Gasteiger partial charge is 0.329 e. The number of rotatable bonds is 17. The molecule has 0 atom stereocenters. The van der Waals surface area contributed by atoms with Gasteiger partial charge in [0.15, 0.2) is 11.2 Å². The molecule has 0 aliphatic carbocycles. The van der Waals surface area contributed by atoms with Crippen LogP contribution in [0, 0.1) is 6.92 Å². The van der Waals surface area contributed by atoms with Gasteiger partial charge >= 0.3 is 5.69 Å². The quantitative estimate of drug-likeness (QED) is 0.291. The van der Waals surface area contributed by atoms with E-state index >= 15 is 0 Å². The number of H-pyrrole nitrogens is 1. The van der Waals surface area contributed by atoms with Gasteiger partial charge in [-0.2, -0.15) is 0 Å². The number of nitrogens with zero attached hydrogens (tertiary/aromatic N) is 3. The summed E-state index contributed by atoms with van der Waals surface area (Å²) in [5, 5.41) is 2.85. The fourth-order valence-corrected chi connectivity index (χ4v) is 4.40. The molecule has 0 unspecified atom stereocenters. The zero-order valence-corrected chi connectivity index (χ0v) is 22.9. The van der Waals surface area contributed by atoms with E-state index in [2.05, 4.69) is 15.3 Å². The summed E-state index contributed by atoms with van der Waals surface area (Å²) in [5.74, 6) is 0.850. The summed E-state index contributed by atoms with van der Waals surface area (Å²) >= 11 is 0. The molecule has 35 heavy (non-hydrogen) atoms. The van der Waals surface area contributed by atoms with Crippen molar-refractivity contribution in [3.8, 4) is 0 Å². The molecule has 0 aliphatic heterocycles. The molecule has 1 amide bonds. The fraction of sp³-hybridized carbons (Fsp3) is 0.778. The summed E-state index contributed by atoms with van der Waals surface area (Å²) < 4.78 is 3.34. The van der Waals surface area contributed by atoms with Gasteiger partial charge in [-0.15, -0.1) is 0 Å². The molecule has 0 saturated carbocycles. The zero-order chi connectivity index (χ0) is 26.1. The topological polar surface area (TPSA) is 102 Å². The second kappa shape index (κ2) is 18.0. The number of hydrogen-bond acceptors (Lipinski definition) is 4. The number of aromatic nitrogens is 4. The van der Waals surface area contributed by atoms with Crippen molar-refractivity contribution in [1.82, 2.24) is 24.4 Å². The Hall–Kier alpha value is -2.38. The number of carbonyl (C=O) groups is 1. The number of nitrogens with one attached hydrogen (secondary N) is 2. The second-order valence-electron chi connectivity index (χ2n) is 9.23. The number of aromatic amines is 1. The number of amides is 1. The van der Waals surface area contributed by atoms with Crippen molar-refractivity contribution in [2.24, 2.45) is 7.05 Å². The van der Waals surface area contributed by atoms with E-state index in [0.717, 1.165) is 38.2 Å². The first-order valence-electron chi connectivity index (χ1n) is 13.8. The summed E-state index contributed by atoms with van der Waals surface area (Å²) in [4.78, 5) is 41.6. The van der Waals surface area contributed by atoms with Crippen molar-refractivity contribution in [3.63, 3.8) is 0 Å². The second-order valence-corrected chi connectivity index (χ2v) is 9.23. The van der Waals surface area contributed by atoms with Gasteiger partial charge in [0.2, 0.25) is 5.91 Å². The SMILES string of the molecule is CC.CC(=O)NCCCCCCCCCCCCCCCCn1c(C)nc2c1c(=O)[nH]c(=O)n2C. The Kier molecular flexibility index (Phi) is 15.7. The van der Waals surface area contributed by atoms with Gasteiger partial charge in [-0.25, -0.2) is 9.78 Å². The van der Waals surface area contributed by atoms with Gasteiger partial charge in [-0.3, -0.25) is 19.1 Å². The molecule has 8 nitrogen and oxygen atoms in total. The minimum Gasteiger partial charge on any atom is -0.356 e. The van der Waals surface area contributed by atoms with Gasteiger partial charge in [0.05, 0.1) is 0 Å². The van der Waals surface area contributed by atoms with Gasteiger partial charge < -0.3 is 9.88 Å². The third kappa shape index (κ3) is 11.3. The van der Waals surface area contributed by atoms with Gasteiger partial charge in [-0.05, 0) is 19.8 Å². The van der Waals surface area contributed by atoms with E-state index in [-0.39, 0.29) is 11.5 Å². The van der Waals surface area contributed by atoms with Crippen molar-refractivity contribution >= 4 is 17.1 Å². The molecule has 0 aliphatic rings. The minimum absolute atomic E-state index is 0.0705. The molecule has 0 fully saturated rings. The molecule has 0 saturated heterocycles. The van der Waals surface area contributed by atoms with E-state index in [9.17, 15) is 14.4 Å². The maximum absolute atomic E-state index is 12.2. The molecule has 0 aromatic carbocycles. The van der Waals surface area contributed by atoms with Crippen molar-refractivity contribution in [3.05, 3.63) is 26.7 Å². The first-order valence-corrected chi connectivity index (χ1v) is 13.8. The van der Waals surface area contributed by atoms with Crippen LogP contribution in [0.3, 0.4) is 0 Å². The molecule has 0 bridgehead atoms. The largest absolute Gasteiger partial charge is 0.356 e. The number of imidazole rings is 1. The van der Waals surface area contributed by atoms with Crippen LogP contribution in [0.4, 0.5) is 0 Å². The molecule has 2 aromatic heterocycles. The van der Waals surface area contributed by atoms with Crippen LogP contribution in [0.15, 0.2) is 9.59 Å². The summed E-state index contributed by atoms with van der Waals surface area (Å²) in [6, 6.07) is 0. The van der Waals surface area contributed by atoms with Crippen LogP contribution in [-0.2, 0) is 18.4 Å². The van der Waals surface area contributed by atoms with Crippen LogP contribution in [0.25, 0.3) is 11.2 Å². The van der Waals surface area contributed by atoms with Gasteiger partial charge in [-0.1, -0.05) is 90.9 Å². The number of hydrogen-bond donors (Lipinski definition) is 2. The Morgan fingerprint density at radius 1 is 0.829 bits per heavy atom. The third-order valence-corrected chi connectivity index (χ3v) is 6.38. The Balaban J connectivity index is 0.00000298. The highest BCUT2D eigenvalue weighted by atomic mass is 16.2. The Morgan fingerprint density at radius 2 is 1.29 bits per heavy atom. The third-order valence-electron chi connectivity index (χ3n) is 6.38. The first kappa shape index (κ1) is 30.7. The number of aryl methyl sites for hydroxylation is 3. The highest BCUT2D eigenvalue weighted by Crippen LogP contribution is 2.15. The molecule has 2 aromatic rings. The zero-order valence-electron chi connectivity index (χ0n) is 22.9. The van der Waals surface area contributed by atoms with E-state index in [1.54, 1.807) is 14.0 Å². The molecule has 2 heterocycles. The normalized spacial score (nSPS) is 10.9. The predicted octanol–water partition coefficient (Wildman–Crippen LogP) is 5.36. The lowest BCUT2D eigenvalue weighted by Crippen LogP contribution is -2.29. The van der Waals surface area contributed by atoms with E-state index in [4.69, 9.17) is 0 Å². The summed E-state index contributed by atoms with van der Waals surface area (Å²) in [7, 11) is 1.63. The molecular weight excluding hydrogens is 442 g/mol. The van der Waals surface area contributed by atoms with Gasteiger partial charge in [0, 0.05) is 27.1 Å². The monoisotopic (exact) mass is 491 g/mol. The number of unbranched alkanes of at least 4 members (excludes halogenated alkanes) is 13. The lowest BCUT2D eigenvalue weighted by molar-refractivity contribution is -0.118. The predicted molar refractivity (Wildman–Crippen MR) is 145 cm³/mol. The van der Waals surface area contributed by atoms with E-state index in [1.165, 1.54) is 75.2 Å². The van der Waals surface area contributed by atoms with Gasteiger partial charge in [0.25, 0.3) is 5.56 Å². The average Bonchev–Trinajstić information content (AvgIpc) is 3.17. The highest BCUT2D eigenvalue weighted by Gasteiger charge is 2.14. The van der Waals surface area contributed by atoms with Gasteiger partial charge in [0.1, 0.15) is 5.82 Å². The maximum atomic E-state index is 12.2. The Morgan fingerprint density at radius 3 is 1.77 bits per heavy atom. The number of carbonyl (C=O) groups excluding carboxylic acids is 1. The molecule has 200 valence electrons. The van der Waals surface area contributed by atoms with E-state index in [0.29, 0.717) is 11.2 Å². The van der Waals surface area contributed by atoms with Crippen molar-refractivity contribution in [2.75, 3.05) is 6.54 Å². The summed E-state index contributed by atoms with van der Waals surface area (Å²) in [6.45, 7) is 9.04. The van der Waals surface area contributed by atoms with Crippen LogP contribution in [-0.4, -0.2) is 31.6 Å². The summed E-state index contributed by atoms with van der Waals surface area (Å²) in [6.07, 6.45) is 17.5. The highest BCUT2D eigenvalue weighted by molar-refractivity contribution is 5.72. The standard InChI is InChI=1S/C25H43N5O3.C2H6/c1-20-27-23-22(24(32)28-25(33)29(23)3)30(20)19-17-15-13-11-9-7-5-4-6-8-10-12-14-16-18-26-21(2)31;1-2/h4-19H2,1-3H3,(H,26,31)(H,28,32,33);1-2H3. The molecular formula is C27H49N5O3. The minimum atomic E-state index is -0.424. The Bertz CT molecular complexity index is 974. The maximum Gasteiger partial charge on any atom is 0.329 e. The molecule has 0 spiro atoms.